The molecule has 1 N–H and O–H groups in total. The van der Waals surface area contributed by atoms with E-state index in [1.165, 1.54) is 24.5 Å². The van der Waals surface area contributed by atoms with Gasteiger partial charge in [0.1, 0.15) is 0 Å². The zero-order valence-corrected chi connectivity index (χ0v) is 17.9. The van der Waals surface area contributed by atoms with Gasteiger partial charge in [0.25, 0.3) is 0 Å². The summed E-state index contributed by atoms with van der Waals surface area (Å²) in [5.74, 6) is 1.49. The first-order valence-electron chi connectivity index (χ1n) is 10.2. The van der Waals surface area contributed by atoms with Gasteiger partial charge >= 0.3 is 0 Å². The Bertz CT molecular complexity index is 836. The van der Waals surface area contributed by atoms with Crippen molar-refractivity contribution in [3.8, 4) is 17.2 Å². The maximum atomic E-state index is 12.5. The third-order valence-corrected chi connectivity index (χ3v) is 5.35. The van der Waals surface area contributed by atoms with Gasteiger partial charge in [0, 0.05) is 12.6 Å². The van der Waals surface area contributed by atoms with E-state index in [1.54, 1.807) is 27.4 Å². The fourth-order valence-corrected chi connectivity index (χ4v) is 3.81. The molecule has 30 heavy (non-hydrogen) atoms. The largest absolute Gasteiger partial charge is 0.493 e. The van der Waals surface area contributed by atoms with E-state index < -0.39 is 0 Å². The molecule has 1 heterocycles. The molecule has 0 aromatic heterocycles. The van der Waals surface area contributed by atoms with Crippen LogP contribution in [0.3, 0.4) is 0 Å². The predicted octanol–water partition coefficient (Wildman–Crippen LogP) is 3.68. The van der Waals surface area contributed by atoms with Crippen molar-refractivity contribution in [2.45, 2.75) is 18.9 Å². The lowest BCUT2D eigenvalue weighted by atomic mass is 10.1. The van der Waals surface area contributed by atoms with E-state index in [4.69, 9.17) is 14.2 Å². The lowest BCUT2D eigenvalue weighted by molar-refractivity contribution is -0.116. The van der Waals surface area contributed by atoms with Gasteiger partial charge in [0.2, 0.25) is 11.7 Å². The molecule has 1 aliphatic heterocycles. The summed E-state index contributed by atoms with van der Waals surface area (Å²) < 4.78 is 16.1. The smallest absolute Gasteiger partial charge is 0.244 e. The van der Waals surface area contributed by atoms with Crippen LogP contribution in [0.25, 0.3) is 6.08 Å². The minimum atomic E-state index is -0.135. The number of hydrogen-bond donors (Lipinski definition) is 1. The molecule has 0 aliphatic carbocycles. The molecule has 2 aromatic rings. The second kappa shape index (κ2) is 10.7. The van der Waals surface area contributed by atoms with Crippen molar-refractivity contribution in [1.29, 1.82) is 0 Å². The molecule has 0 radical (unpaired) electrons. The molecular formula is C24H30N2O4. The lowest BCUT2D eigenvalue weighted by Gasteiger charge is -2.28. The molecule has 1 unspecified atom stereocenters. The number of benzene rings is 2. The standard InChI is InChI=1S/C24H30N2O4/c1-28-21-15-18(16-22(29-2)24(21)30-3)11-12-23(27)25-17-20(26-13-7-8-14-26)19-9-5-4-6-10-19/h4-6,9-12,15-16,20H,7-8,13-14,17H2,1-3H3,(H,25,27)/b12-11+. The SMILES string of the molecule is COc1cc(/C=C/C(=O)NCC(c2ccccc2)N2CCCC2)cc(OC)c1OC. The molecule has 3 rings (SSSR count). The van der Waals surface area contributed by atoms with Crippen molar-refractivity contribution in [2.24, 2.45) is 0 Å². The Balaban J connectivity index is 1.67. The minimum absolute atomic E-state index is 0.135. The lowest BCUT2D eigenvalue weighted by Crippen LogP contribution is -2.36. The van der Waals surface area contributed by atoms with Crippen molar-refractivity contribution in [3.05, 3.63) is 59.7 Å². The van der Waals surface area contributed by atoms with E-state index in [0.29, 0.717) is 23.8 Å². The zero-order chi connectivity index (χ0) is 21.3. The van der Waals surface area contributed by atoms with Crippen molar-refractivity contribution in [3.63, 3.8) is 0 Å². The molecule has 2 aromatic carbocycles. The highest BCUT2D eigenvalue weighted by molar-refractivity contribution is 5.92. The highest BCUT2D eigenvalue weighted by atomic mass is 16.5. The van der Waals surface area contributed by atoms with Crippen LogP contribution in [-0.4, -0.2) is 51.8 Å². The Hall–Kier alpha value is -2.99. The van der Waals surface area contributed by atoms with Crippen LogP contribution in [0.15, 0.2) is 48.5 Å². The van der Waals surface area contributed by atoms with Crippen molar-refractivity contribution in [2.75, 3.05) is 41.0 Å². The topological polar surface area (TPSA) is 60.0 Å². The average Bonchev–Trinajstić information content (AvgIpc) is 3.32. The molecule has 0 bridgehead atoms. The van der Waals surface area contributed by atoms with Crippen molar-refractivity contribution < 1.29 is 19.0 Å². The van der Waals surface area contributed by atoms with Crippen LogP contribution in [0.1, 0.15) is 30.0 Å². The number of carbonyl (C=O) groups excluding carboxylic acids is 1. The third kappa shape index (κ3) is 5.33. The van der Waals surface area contributed by atoms with Crippen LogP contribution in [0, 0.1) is 0 Å². The van der Waals surface area contributed by atoms with Gasteiger partial charge in [-0.15, -0.1) is 0 Å². The van der Waals surface area contributed by atoms with Crippen molar-refractivity contribution in [1.82, 2.24) is 10.2 Å². The average molecular weight is 411 g/mol. The van der Waals surface area contributed by atoms with Gasteiger partial charge in [-0.25, -0.2) is 0 Å². The number of amides is 1. The molecule has 1 atom stereocenters. The van der Waals surface area contributed by atoms with Crippen LogP contribution in [-0.2, 0) is 4.79 Å². The molecule has 1 fully saturated rings. The van der Waals surface area contributed by atoms with Crippen LogP contribution >= 0.6 is 0 Å². The van der Waals surface area contributed by atoms with Gasteiger partial charge in [0.15, 0.2) is 11.5 Å². The van der Waals surface area contributed by atoms with E-state index in [2.05, 4.69) is 22.3 Å². The summed E-state index contributed by atoms with van der Waals surface area (Å²) in [6.07, 6.45) is 5.69. The number of carbonyl (C=O) groups is 1. The molecule has 1 saturated heterocycles. The molecule has 1 amide bonds. The fourth-order valence-electron chi connectivity index (χ4n) is 3.81. The van der Waals surface area contributed by atoms with Gasteiger partial charge in [-0.2, -0.15) is 0 Å². The van der Waals surface area contributed by atoms with Gasteiger partial charge in [0.05, 0.1) is 27.4 Å². The van der Waals surface area contributed by atoms with E-state index in [0.717, 1.165) is 18.7 Å². The first-order chi connectivity index (χ1) is 14.7. The van der Waals surface area contributed by atoms with Crippen LogP contribution in [0.4, 0.5) is 0 Å². The highest BCUT2D eigenvalue weighted by Crippen LogP contribution is 2.38. The van der Waals surface area contributed by atoms with E-state index in [9.17, 15) is 4.79 Å². The maximum absolute atomic E-state index is 12.5. The first-order valence-corrected chi connectivity index (χ1v) is 10.2. The van der Waals surface area contributed by atoms with E-state index in [1.807, 2.05) is 30.3 Å². The monoisotopic (exact) mass is 410 g/mol. The van der Waals surface area contributed by atoms with Crippen LogP contribution in [0.2, 0.25) is 0 Å². The summed E-state index contributed by atoms with van der Waals surface area (Å²) >= 11 is 0. The molecule has 1 aliphatic rings. The van der Waals surface area contributed by atoms with Gasteiger partial charge in [-0.3, -0.25) is 9.69 Å². The van der Waals surface area contributed by atoms with E-state index >= 15 is 0 Å². The summed E-state index contributed by atoms with van der Waals surface area (Å²) in [4.78, 5) is 14.9. The van der Waals surface area contributed by atoms with Crippen LogP contribution < -0.4 is 19.5 Å². The van der Waals surface area contributed by atoms with Crippen LogP contribution in [0.5, 0.6) is 17.2 Å². The molecule has 6 nitrogen and oxygen atoms in total. The minimum Gasteiger partial charge on any atom is -0.493 e. The third-order valence-electron chi connectivity index (χ3n) is 5.35. The molecule has 0 saturated carbocycles. The second-order valence-electron chi connectivity index (χ2n) is 7.21. The summed E-state index contributed by atoms with van der Waals surface area (Å²) in [5.41, 5.74) is 2.02. The number of hydrogen-bond acceptors (Lipinski definition) is 5. The zero-order valence-electron chi connectivity index (χ0n) is 17.9. The Labute approximate surface area is 178 Å². The van der Waals surface area contributed by atoms with E-state index in [-0.39, 0.29) is 11.9 Å². The summed E-state index contributed by atoms with van der Waals surface area (Å²) in [5, 5.41) is 3.05. The normalized spacial score (nSPS) is 15.2. The summed E-state index contributed by atoms with van der Waals surface area (Å²) in [6.45, 7) is 2.70. The number of methoxy groups -OCH3 is 3. The highest BCUT2D eigenvalue weighted by Gasteiger charge is 2.23. The van der Waals surface area contributed by atoms with Gasteiger partial charge in [-0.1, -0.05) is 30.3 Å². The van der Waals surface area contributed by atoms with Gasteiger partial charge in [-0.05, 0) is 55.3 Å². The molecular weight excluding hydrogens is 380 g/mol. The fraction of sp³-hybridized carbons (Fsp3) is 0.375. The Morgan fingerprint density at radius 3 is 2.23 bits per heavy atom. The number of nitrogens with one attached hydrogen (secondary N) is 1. The summed E-state index contributed by atoms with van der Waals surface area (Å²) in [6, 6.07) is 14.2. The second-order valence-corrected chi connectivity index (χ2v) is 7.21. The molecule has 160 valence electrons. The van der Waals surface area contributed by atoms with Gasteiger partial charge < -0.3 is 19.5 Å². The number of nitrogens with zero attached hydrogens (tertiary/aromatic N) is 1. The number of likely N-dealkylation sites (tertiary alicyclic amines) is 1. The number of rotatable bonds is 9. The quantitative estimate of drug-likeness (QED) is 0.639. The predicted molar refractivity (Wildman–Crippen MR) is 118 cm³/mol. The Morgan fingerprint density at radius 1 is 1.03 bits per heavy atom. The summed E-state index contributed by atoms with van der Waals surface area (Å²) in [7, 11) is 4.70. The molecule has 6 heteroatoms. The molecule has 0 spiro atoms. The first kappa shape index (κ1) is 21.7. The number of ether oxygens (including phenoxy) is 3. The Kier molecular flexibility index (Phi) is 7.74. The Morgan fingerprint density at radius 2 is 1.67 bits per heavy atom. The van der Waals surface area contributed by atoms with Crippen molar-refractivity contribution >= 4 is 12.0 Å². The maximum Gasteiger partial charge on any atom is 0.244 e.